The van der Waals surface area contributed by atoms with Gasteiger partial charge in [-0.3, -0.25) is 19.6 Å². The largest absolute Gasteiger partial charge is 0.354 e. The number of hydrogen-bond acceptors (Lipinski definition) is 4. The van der Waals surface area contributed by atoms with Crippen molar-refractivity contribution in [2.45, 2.75) is 39.3 Å². The van der Waals surface area contributed by atoms with Gasteiger partial charge in [-0.15, -0.1) is 24.0 Å². The molecular formula is C19H31IN6O2. The normalized spacial score (nSPS) is 16.6. The number of carbonyl (C=O) groups excluding carboxylic acids is 2. The van der Waals surface area contributed by atoms with Gasteiger partial charge < -0.3 is 20.4 Å². The Balaban J connectivity index is 0.00000392. The van der Waals surface area contributed by atoms with E-state index in [0.29, 0.717) is 37.7 Å². The zero-order chi connectivity index (χ0) is 20.0. The van der Waals surface area contributed by atoms with E-state index in [9.17, 15) is 9.59 Å². The van der Waals surface area contributed by atoms with Crippen LogP contribution in [0, 0.1) is 0 Å². The fourth-order valence-corrected chi connectivity index (χ4v) is 3.59. The van der Waals surface area contributed by atoms with Crippen molar-refractivity contribution in [2.24, 2.45) is 4.99 Å². The summed E-state index contributed by atoms with van der Waals surface area (Å²) >= 11 is 0. The molecule has 156 valence electrons. The molecule has 1 fully saturated rings. The molecule has 1 aromatic rings. The van der Waals surface area contributed by atoms with E-state index in [1.807, 2.05) is 23.6 Å². The van der Waals surface area contributed by atoms with E-state index in [1.54, 1.807) is 25.4 Å². The quantitative estimate of drug-likeness (QED) is 0.275. The first-order valence-corrected chi connectivity index (χ1v) is 9.22. The van der Waals surface area contributed by atoms with Crippen LogP contribution >= 0.6 is 24.0 Å². The Hall–Kier alpha value is -1.91. The first-order chi connectivity index (χ1) is 12.8. The summed E-state index contributed by atoms with van der Waals surface area (Å²) in [7, 11) is 1.70. The average Bonchev–Trinajstić information content (AvgIpc) is 2.60. The van der Waals surface area contributed by atoms with E-state index in [4.69, 9.17) is 0 Å². The average molecular weight is 502 g/mol. The van der Waals surface area contributed by atoms with Gasteiger partial charge in [-0.25, -0.2) is 0 Å². The second-order valence-electron chi connectivity index (χ2n) is 7.50. The molecule has 2 N–H and O–H groups in total. The summed E-state index contributed by atoms with van der Waals surface area (Å²) in [5, 5.41) is 6.06. The van der Waals surface area contributed by atoms with Crippen LogP contribution in [-0.2, 0) is 4.79 Å². The van der Waals surface area contributed by atoms with Crippen LogP contribution < -0.4 is 10.6 Å². The minimum atomic E-state index is -0.282. The van der Waals surface area contributed by atoms with Gasteiger partial charge in [0.25, 0.3) is 5.91 Å². The van der Waals surface area contributed by atoms with Gasteiger partial charge in [-0.05, 0) is 39.8 Å². The molecule has 28 heavy (non-hydrogen) atoms. The molecule has 8 nitrogen and oxygen atoms in total. The van der Waals surface area contributed by atoms with E-state index in [0.717, 1.165) is 0 Å². The number of hydrogen-bond donors (Lipinski definition) is 2. The lowest BCUT2D eigenvalue weighted by Gasteiger charge is -2.49. The summed E-state index contributed by atoms with van der Waals surface area (Å²) in [4.78, 5) is 36.7. The van der Waals surface area contributed by atoms with Crippen LogP contribution in [0.2, 0.25) is 0 Å². The molecule has 0 unspecified atom stereocenters. The highest BCUT2D eigenvalue weighted by atomic mass is 127. The number of rotatable bonds is 5. The van der Waals surface area contributed by atoms with Crippen LogP contribution in [0.4, 0.5) is 0 Å². The van der Waals surface area contributed by atoms with Crippen LogP contribution in [0.5, 0.6) is 0 Å². The van der Waals surface area contributed by atoms with Crippen molar-refractivity contribution in [3.63, 3.8) is 0 Å². The second kappa shape index (κ2) is 10.6. The van der Waals surface area contributed by atoms with E-state index in [1.165, 1.54) is 6.20 Å². The number of halogens is 1. The number of aliphatic imine (C=N–C) groups is 1. The highest BCUT2D eigenvalue weighted by Gasteiger charge is 2.40. The van der Waals surface area contributed by atoms with Gasteiger partial charge in [0.05, 0.1) is 17.6 Å². The first-order valence-electron chi connectivity index (χ1n) is 9.22. The lowest BCUT2D eigenvalue weighted by Crippen LogP contribution is -2.66. The van der Waals surface area contributed by atoms with E-state index < -0.39 is 0 Å². The second-order valence-corrected chi connectivity index (χ2v) is 7.50. The molecule has 0 aliphatic carbocycles. The number of aromatic nitrogens is 1. The summed E-state index contributed by atoms with van der Waals surface area (Å²) < 4.78 is 0. The Kier molecular flexibility index (Phi) is 9.12. The third-order valence-corrected chi connectivity index (χ3v) is 4.47. The van der Waals surface area contributed by atoms with Crippen molar-refractivity contribution >= 4 is 41.8 Å². The molecule has 2 heterocycles. The smallest absolute Gasteiger partial charge is 0.252 e. The minimum absolute atomic E-state index is 0. The van der Waals surface area contributed by atoms with Gasteiger partial charge in [0, 0.05) is 45.1 Å². The SMILES string of the molecule is CN=C(NCCNC(=O)c1cccnc1)N1CC(=O)N(C(C)C)C(C)(C)C1.I. The maximum Gasteiger partial charge on any atom is 0.252 e. The molecular weight excluding hydrogens is 471 g/mol. The van der Waals surface area contributed by atoms with E-state index >= 15 is 0 Å². The standard InChI is InChI=1S/C19H30N6O2.HI/c1-14(2)25-16(26)12-24(13-19(25,3)4)18(20-5)23-10-9-22-17(27)15-7-6-8-21-11-15;/h6-8,11,14H,9-10,12-13H2,1-5H3,(H,20,23)(H,22,27);1H. The molecule has 0 spiro atoms. The molecule has 0 bridgehead atoms. The number of amides is 2. The van der Waals surface area contributed by atoms with Crippen molar-refractivity contribution in [3.05, 3.63) is 30.1 Å². The summed E-state index contributed by atoms with van der Waals surface area (Å²) in [6, 6.07) is 3.61. The van der Waals surface area contributed by atoms with Gasteiger partial charge in [-0.2, -0.15) is 0 Å². The zero-order valence-electron chi connectivity index (χ0n) is 17.2. The number of piperazine rings is 1. The number of nitrogens with zero attached hydrogens (tertiary/aromatic N) is 4. The Morgan fingerprint density at radius 1 is 1.32 bits per heavy atom. The lowest BCUT2D eigenvalue weighted by atomic mass is 9.96. The van der Waals surface area contributed by atoms with Crippen molar-refractivity contribution in [1.29, 1.82) is 0 Å². The predicted octanol–water partition coefficient (Wildman–Crippen LogP) is 1.34. The number of pyridine rings is 1. The number of carbonyl (C=O) groups is 2. The van der Waals surface area contributed by atoms with Crippen LogP contribution in [0.15, 0.2) is 29.5 Å². The fourth-order valence-electron chi connectivity index (χ4n) is 3.59. The Morgan fingerprint density at radius 2 is 2.00 bits per heavy atom. The maximum atomic E-state index is 12.6. The fraction of sp³-hybridized carbons (Fsp3) is 0.579. The van der Waals surface area contributed by atoms with Gasteiger partial charge in [0.2, 0.25) is 5.91 Å². The first kappa shape index (κ1) is 24.1. The zero-order valence-corrected chi connectivity index (χ0v) is 19.6. The van der Waals surface area contributed by atoms with Crippen LogP contribution in [-0.4, -0.2) is 77.4 Å². The topological polar surface area (TPSA) is 89.9 Å². The summed E-state index contributed by atoms with van der Waals surface area (Å²) in [5.74, 6) is 0.589. The number of nitrogens with one attached hydrogen (secondary N) is 2. The monoisotopic (exact) mass is 502 g/mol. The van der Waals surface area contributed by atoms with E-state index in [-0.39, 0.29) is 47.4 Å². The molecule has 1 saturated heterocycles. The molecule has 0 radical (unpaired) electrons. The van der Waals surface area contributed by atoms with Crippen molar-refractivity contribution in [3.8, 4) is 0 Å². The molecule has 1 aliphatic rings. The molecule has 0 atom stereocenters. The van der Waals surface area contributed by atoms with Gasteiger partial charge in [-0.1, -0.05) is 0 Å². The summed E-state index contributed by atoms with van der Waals surface area (Å²) in [6.07, 6.45) is 3.16. The molecule has 1 aliphatic heterocycles. The van der Waals surface area contributed by atoms with Crippen molar-refractivity contribution in [2.75, 3.05) is 33.2 Å². The van der Waals surface area contributed by atoms with Crippen LogP contribution in [0.25, 0.3) is 0 Å². The van der Waals surface area contributed by atoms with Gasteiger partial charge >= 0.3 is 0 Å². The molecule has 9 heteroatoms. The molecule has 2 amide bonds. The van der Waals surface area contributed by atoms with Gasteiger partial charge in [0.15, 0.2) is 5.96 Å². The highest BCUT2D eigenvalue weighted by molar-refractivity contribution is 14.0. The van der Waals surface area contributed by atoms with Gasteiger partial charge in [0.1, 0.15) is 0 Å². The predicted molar refractivity (Wildman–Crippen MR) is 121 cm³/mol. The van der Waals surface area contributed by atoms with E-state index in [2.05, 4.69) is 34.5 Å². The minimum Gasteiger partial charge on any atom is -0.354 e. The van der Waals surface area contributed by atoms with Crippen LogP contribution in [0.3, 0.4) is 0 Å². The van der Waals surface area contributed by atoms with Crippen LogP contribution in [0.1, 0.15) is 38.1 Å². The molecule has 1 aromatic heterocycles. The molecule has 2 rings (SSSR count). The third kappa shape index (κ3) is 6.05. The summed E-state index contributed by atoms with van der Waals surface area (Å²) in [5.41, 5.74) is 0.245. The van der Waals surface area contributed by atoms with Crippen molar-refractivity contribution < 1.29 is 9.59 Å². The van der Waals surface area contributed by atoms with Crippen molar-refractivity contribution in [1.82, 2.24) is 25.4 Å². The summed E-state index contributed by atoms with van der Waals surface area (Å²) in [6.45, 7) is 10.1. The lowest BCUT2D eigenvalue weighted by molar-refractivity contribution is -0.145. The molecule has 0 aromatic carbocycles. The Labute approximate surface area is 184 Å². The third-order valence-electron chi connectivity index (χ3n) is 4.47. The maximum absolute atomic E-state index is 12.6. The Morgan fingerprint density at radius 3 is 2.54 bits per heavy atom. The highest BCUT2D eigenvalue weighted by Crippen LogP contribution is 2.24. The number of guanidine groups is 1. The Bertz CT molecular complexity index is 693. The molecule has 0 saturated carbocycles.